The second-order valence-corrected chi connectivity index (χ2v) is 3.40. The minimum absolute atomic E-state index is 0.318. The maximum absolute atomic E-state index is 12.8. The molecule has 0 aliphatic rings. The van der Waals surface area contributed by atoms with E-state index in [-0.39, 0.29) is 5.82 Å². The van der Waals surface area contributed by atoms with E-state index in [1.807, 2.05) is 0 Å². The number of anilines is 1. The third kappa shape index (κ3) is 2.94. The van der Waals surface area contributed by atoms with E-state index in [1.165, 1.54) is 12.1 Å². The summed E-state index contributed by atoms with van der Waals surface area (Å²) in [5.41, 5.74) is 1.36. The number of nitrogens with one attached hydrogen (secondary N) is 1. The van der Waals surface area contributed by atoms with Crippen LogP contribution in [0.3, 0.4) is 0 Å². The summed E-state index contributed by atoms with van der Waals surface area (Å²) >= 11 is 0. The lowest BCUT2D eigenvalue weighted by molar-refractivity contribution is -0.137. The van der Waals surface area contributed by atoms with Gasteiger partial charge in [-0.1, -0.05) is 6.92 Å². The van der Waals surface area contributed by atoms with Gasteiger partial charge in [-0.3, -0.25) is 0 Å². The van der Waals surface area contributed by atoms with Gasteiger partial charge in [-0.05, 0) is 37.1 Å². The molecule has 82 valence electrons. The average Bonchev–Trinajstić information content (AvgIpc) is 2.16. The molecule has 0 amide bonds. The number of hydrogen-bond acceptors (Lipinski definition) is 2. The first-order valence-corrected chi connectivity index (χ1v) is 4.80. The maximum atomic E-state index is 12.8. The smallest absolute Gasteiger partial charge is 0.326 e. The number of aryl methyl sites for hydroxylation is 1. The van der Waals surface area contributed by atoms with Gasteiger partial charge in [0.1, 0.15) is 11.9 Å². The van der Waals surface area contributed by atoms with Crippen molar-refractivity contribution in [2.24, 2.45) is 0 Å². The Bertz CT molecular complexity index is 366. The lowest BCUT2D eigenvalue weighted by atomic mass is 10.1. The first kappa shape index (κ1) is 11.5. The van der Waals surface area contributed by atoms with Crippen molar-refractivity contribution >= 4 is 11.7 Å². The molecule has 0 aromatic heterocycles. The number of hydrogen-bond donors (Lipinski definition) is 2. The Hall–Kier alpha value is -1.58. The van der Waals surface area contributed by atoms with Crippen molar-refractivity contribution in [2.45, 2.75) is 26.3 Å². The number of rotatable bonds is 4. The molecule has 0 heterocycles. The van der Waals surface area contributed by atoms with Gasteiger partial charge >= 0.3 is 5.97 Å². The summed E-state index contributed by atoms with van der Waals surface area (Å²) in [4.78, 5) is 10.8. The zero-order chi connectivity index (χ0) is 11.4. The predicted molar refractivity (Wildman–Crippen MR) is 56.5 cm³/mol. The van der Waals surface area contributed by atoms with Gasteiger partial charge in [-0.15, -0.1) is 0 Å². The summed E-state index contributed by atoms with van der Waals surface area (Å²) in [6.07, 6.45) is 0.478. The molecule has 1 aromatic carbocycles. The molecular formula is C11H14FNO2. The second-order valence-electron chi connectivity index (χ2n) is 3.40. The van der Waals surface area contributed by atoms with E-state index in [0.29, 0.717) is 17.7 Å². The van der Waals surface area contributed by atoms with Crippen molar-refractivity contribution < 1.29 is 14.3 Å². The Kier molecular flexibility index (Phi) is 3.66. The molecule has 0 bridgehead atoms. The second kappa shape index (κ2) is 4.77. The highest BCUT2D eigenvalue weighted by molar-refractivity contribution is 5.77. The number of carbonyl (C=O) groups is 1. The molecular weight excluding hydrogens is 197 g/mol. The van der Waals surface area contributed by atoms with Crippen LogP contribution in [0.25, 0.3) is 0 Å². The Morgan fingerprint density at radius 2 is 2.27 bits per heavy atom. The molecule has 0 aliphatic heterocycles. The van der Waals surface area contributed by atoms with Crippen LogP contribution in [-0.2, 0) is 4.79 Å². The standard InChI is InChI=1S/C11H14FNO2/c1-3-9(11(14)15)13-10-5-4-8(12)6-7(10)2/h4-6,9,13H,3H2,1-2H3,(H,14,15). The summed E-state index contributed by atoms with van der Waals surface area (Å²) in [6, 6.07) is 3.60. The molecule has 4 heteroatoms. The molecule has 2 N–H and O–H groups in total. The molecule has 3 nitrogen and oxygen atoms in total. The molecule has 0 radical (unpaired) electrons. The molecule has 15 heavy (non-hydrogen) atoms. The molecule has 0 aliphatic carbocycles. The van der Waals surface area contributed by atoms with E-state index < -0.39 is 12.0 Å². The highest BCUT2D eigenvalue weighted by Crippen LogP contribution is 2.17. The van der Waals surface area contributed by atoms with Gasteiger partial charge in [0.2, 0.25) is 0 Å². The third-order valence-corrected chi connectivity index (χ3v) is 2.22. The summed E-state index contributed by atoms with van der Waals surface area (Å²) in [7, 11) is 0. The predicted octanol–water partition coefficient (Wildman–Crippen LogP) is 2.41. The Morgan fingerprint density at radius 3 is 2.73 bits per heavy atom. The normalized spacial score (nSPS) is 12.2. The van der Waals surface area contributed by atoms with Crippen LogP contribution in [0.15, 0.2) is 18.2 Å². The molecule has 1 aromatic rings. The highest BCUT2D eigenvalue weighted by Gasteiger charge is 2.15. The fourth-order valence-corrected chi connectivity index (χ4v) is 1.32. The number of carboxylic acid groups (broad SMARTS) is 1. The Labute approximate surface area is 87.9 Å². The summed E-state index contributed by atoms with van der Waals surface area (Å²) < 4.78 is 12.8. The van der Waals surface area contributed by atoms with Crippen LogP contribution >= 0.6 is 0 Å². The van der Waals surface area contributed by atoms with Gasteiger partial charge in [0.05, 0.1) is 0 Å². The van der Waals surface area contributed by atoms with Crippen LogP contribution < -0.4 is 5.32 Å². The van der Waals surface area contributed by atoms with E-state index >= 15 is 0 Å². The number of aliphatic carboxylic acids is 1. The largest absolute Gasteiger partial charge is 0.480 e. The van der Waals surface area contributed by atoms with E-state index in [9.17, 15) is 9.18 Å². The van der Waals surface area contributed by atoms with Crippen LogP contribution in [-0.4, -0.2) is 17.1 Å². The zero-order valence-corrected chi connectivity index (χ0v) is 8.75. The molecule has 1 rings (SSSR count). The van der Waals surface area contributed by atoms with E-state index in [4.69, 9.17) is 5.11 Å². The van der Waals surface area contributed by atoms with Crippen LogP contribution in [0.2, 0.25) is 0 Å². The first-order valence-electron chi connectivity index (χ1n) is 4.80. The minimum atomic E-state index is -0.902. The van der Waals surface area contributed by atoms with Crippen LogP contribution in [0, 0.1) is 12.7 Å². The fraction of sp³-hybridized carbons (Fsp3) is 0.364. The van der Waals surface area contributed by atoms with E-state index in [2.05, 4.69) is 5.32 Å². The first-order chi connectivity index (χ1) is 7.04. The summed E-state index contributed by atoms with van der Waals surface area (Å²) in [6.45, 7) is 3.52. The molecule has 0 saturated heterocycles. The topological polar surface area (TPSA) is 49.3 Å². The molecule has 0 saturated carbocycles. The SMILES string of the molecule is CCC(Nc1ccc(F)cc1C)C(=O)O. The van der Waals surface area contributed by atoms with Crippen molar-refractivity contribution in [3.05, 3.63) is 29.6 Å². The fourth-order valence-electron chi connectivity index (χ4n) is 1.32. The number of benzene rings is 1. The zero-order valence-electron chi connectivity index (χ0n) is 8.75. The van der Waals surface area contributed by atoms with Crippen molar-refractivity contribution in [1.29, 1.82) is 0 Å². The Balaban J connectivity index is 2.84. The third-order valence-electron chi connectivity index (χ3n) is 2.22. The van der Waals surface area contributed by atoms with E-state index in [1.54, 1.807) is 19.9 Å². The Morgan fingerprint density at radius 1 is 1.60 bits per heavy atom. The van der Waals surface area contributed by atoms with Crippen LogP contribution in [0.1, 0.15) is 18.9 Å². The summed E-state index contributed by atoms with van der Waals surface area (Å²) in [5, 5.41) is 11.7. The average molecular weight is 211 g/mol. The monoisotopic (exact) mass is 211 g/mol. The molecule has 0 fully saturated rings. The molecule has 0 spiro atoms. The highest BCUT2D eigenvalue weighted by atomic mass is 19.1. The van der Waals surface area contributed by atoms with E-state index in [0.717, 1.165) is 0 Å². The quantitative estimate of drug-likeness (QED) is 0.804. The lowest BCUT2D eigenvalue weighted by Gasteiger charge is -2.15. The lowest BCUT2D eigenvalue weighted by Crippen LogP contribution is -2.28. The minimum Gasteiger partial charge on any atom is -0.480 e. The van der Waals surface area contributed by atoms with Crippen molar-refractivity contribution in [1.82, 2.24) is 0 Å². The van der Waals surface area contributed by atoms with Crippen LogP contribution in [0.5, 0.6) is 0 Å². The van der Waals surface area contributed by atoms with Crippen molar-refractivity contribution in [3.8, 4) is 0 Å². The summed E-state index contributed by atoms with van der Waals surface area (Å²) in [5.74, 6) is -1.22. The van der Waals surface area contributed by atoms with Gasteiger partial charge < -0.3 is 10.4 Å². The van der Waals surface area contributed by atoms with Gasteiger partial charge in [0.15, 0.2) is 0 Å². The number of halogens is 1. The van der Waals surface area contributed by atoms with Crippen molar-refractivity contribution in [3.63, 3.8) is 0 Å². The van der Waals surface area contributed by atoms with Crippen LogP contribution in [0.4, 0.5) is 10.1 Å². The molecule has 1 unspecified atom stereocenters. The maximum Gasteiger partial charge on any atom is 0.326 e. The van der Waals surface area contributed by atoms with Gasteiger partial charge in [0, 0.05) is 5.69 Å². The van der Waals surface area contributed by atoms with Crippen molar-refractivity contribution in [2.75, 3.05) is 5.32 Å². The molecule has 1 atom stereocenters. The van der Waals surface area contributed by atoms with Gasteiger partial charge in [-0.2, -0.15) is 0 Å². The van der Waals surface area contributed by atoms with Gasteiger partial charge in [-0.25, -0.2) is 9.18 Å². The number of carboxylic acids is 1. The van der Waals surface area contributed by atoms with Gasteiger partial charge in [0.25, 0.3) is 0 Å².